The van der Waals surface area contributed by atoms with Gasteiger partial charge in [-0.3, -0.25) is 4.79 Å². The minimum atomic E-state index is -0.0393. The van der Waals surface area contributed by atoms with E-state index < -0.39 is 0 Å². The Kier molecular flexibility index (Phi) is 5.78. The third-order valence-corrected chi connectivity index (χ3v) is 4.67. The predicted molar refractivity (Wildman–Crippen MR) is 112 cm³/mol. The molecular weight excluding hydrogens is 350 g/mol. The summed E-state index contributed by atoms with van der Waals surface area (Å²) in [5.41, 5.74) is 3.72. The van der Waals surface area contributed by atoms with Gasteiger partial charge < -0.3 is 9.80 Å². The average molecular weight is 377 g/mol. The van der Waals surface area contributed by atoms with E-state index in [4.69, 9.17) is 0 Å². The Morgan fingerprint density at radius 1 is 1.07 bits per heavy atom. The first-order valence-corrected chi connectivity index (χ1v) is 9.39. The van der Waals surface area contributed by atoms with Gasteiger partial charge in [-0.2, -0.15) is 5.10 Å². The molecule has 146 valence electrons. The number of hydrogen-bond acceptors (Lipinski definition) is 4. The molecule has 0 saturated heterocycles. The van der Waals surface area contributed by atoms with E-state index in [9.17, 15) is 4.79 Å². The van der Waals surface area contributed by atoms with Gasteiger partial charge >= 0.3 is 0 Å². The van der Waals surface area contributed by atoms with Crippen molar-refractivity contribution in [2.75, 3.05) is 26.0 Å². The van der Waals surface area contributed by atoms with Gasteiger partial charge in [-0.05, 0) is 35.7 Å². The fourth-order valence-electron chi connectivity index (χ4n) is 3.19. The number of pyridine rings is 1. The van der Waals surface area contributed by atoms with Crippen LogP contribution in [0.3, 0.4) is 0 Å². The van der Waals surface area contributed by atoms with Crippen LogP contribution < -0.4 is 4.90 Å². The van der Waals surface area contributed by atoms with E-state index in [2.05, 4.69) is 53.1 Å². The Balaban J connectivity index is 1.84. The maximum Gasteiger partial charge on any atom is 0.257 e. The zero-order valence-corrected chi connectivity index (χ0v) is 17.1. The number of aromatic nitrogens is 3. The van der Waals surface area contributed by atoms with Gasteiger partial charge in [0.05, 0.1) is 17.5 Å². The van der Waals surface area contributed by atoms with Gasteiger partial charge in [0.25, 0.3) is 5.91 Å². The normalized spacial score (nSPS) is 10.9. The molecule has 6 heteroatoms. The van der Waals surface area contributed by atoms with Crippen molar-refractivity contribution in [3.8, 4) is 5.82 Å². The van der Waals surface area contributed by atoms with Crippen LogP contribution in [-0.2, 0) is 6.54 Å². The first-order valence-electron chi connectivity index (χ1n) is 9.39. The largest absolute Gasteiger partial charge is 0.378 e. The topological polar surface area (TPSA) is 54.3 Å². The molecule has 3 rings (SSSR count). The smallest absolute Gasteiger partial charge is 0.257 e. The van der Waals surface area contributed by atoms with Crippen molar-refractivity contribution in [2.24, 2.45) is 0 Å². The Morgan fingerprint density at radius 3 is 2.36 bits per heavy atom. The molecule has 2 aromatic heterocycles. The van der Waals surface area contributed by atoms with E-state index in [1.165, 1.54) is 0 Å². The second-order valence-electron chi connectivity index (χ2n) is 7.42. The van der Waals surface area contributed by atoms with Crippen LogP contribution in [0, 0.1) is 0 Å². The van der Waals surface area contributed by atoms with Crippen molar-refractivity contribution in [3.63, 3.8) is 0 Å². The van der Waals surface area contributed by atoms with Gasteiger partial charge in [-0.25, -0.2) is 9.67 Å². The molecule has 1 aromatic carbocycles. The summed E-state index contributed by atoms with van der Waals surface area (Å²) in [7, 11) is 5.85. The van der Waals surface area contributed by atoms with Crippen molar-refractivity contribution in [3.05, 3.63) is 71.7 Å². The number of nitrogens with zero attached hydrogens (tertiary/aromatic N) is 5. The van der Waals surface area contributed by atoms with E-state index >= 15 is 0 Å². The number of rotatable bonds is 6. The van der Waals surface area contributed by atoms with Crippen LogP contribution in [0.1, 0.15) is 41.4 Å². The second kappa shape index (κ2) is 8.25. The number of carbonyl (C=O) groups excluding carboxylic acids is 1. The first-order chi connectivity index (χ1) is 13.4. The second-order valence-corrected chi connectivity index (χ2v) is 7.42. The highest BCUT2D eigenvalue weighted by Crippen LogP contribution is 2.24. The van der Waals surface area contributed by atoms with Gasteiger partial charge in [0.2, 0.25) is 0 Å². The Labute approximate surface area is 166 Å². The number of amides is 1. The molecule has 0 N–H and O–H groups in total. The zero-order valence-electron chi connectivity index (χ0n) is 17.1. The molecule has 0 atom stereocenters. The van der Waals surface area contributed by atoms with E-state index in [1.807, 2.05) is 39.3 Å². The third kappa shape index (κ3) is 4.06. The standard InChI is InChI=1S/C22H27N5O/c1-16(2)21-19(14-24-27(21)20-8-6-7-13-23-20)22(28)26(5)15-17-9-11-18(12-10-17)25(3)4/h6-14,16H,15H2,1-5H3. The minimum Gasteiger partial charge on any atom is -0.378 e. The third-order valence-electron chi connectivity index (χ3n) is 4.67. The Morgan fingerprint density at radius 2 is 1.79 bits per heavy atom. The lowest BCUT2D eigenvalue weighted by Crippen LogP contribution is -2.27. The summed E-state index contributed by atoms with van der Waals surface area (Å²) in [4.78, 5) is 21.3. The molecule has 0 aliphatic rings. The summed E-state index contributed by atoms with van der Waals surface area (Å²) in [5, 5.41) is 4.45. The summed E-state index contributed by atoms with van der Waals surface area (Å²) in [6.45, 7) is 4.67. The SMILES string of the molecule is CC(C)c1c(C(=O)N(C)Cc2ccc(N(C)C)cc2)cnn1-c1ccccn1. The van der Waals surface area contributed by atoms with Gasteiger partial charge in [0, 0.05) is 39.6 Å². The van der Waals surface area contributed by atoms with E-state index in [0.717, 1.165) is 16.9 Å². The summed E-state index contributed by atoms with van der Waals surface area (Å²) < 4.78 is 1.76. The molecule has 0 fully saturated rings. The fourth-order valence-corrected chi connectivity index (χ4v) is 3.19. The number of hydrogen-bond donors (Lipinski definition) is 0. The van der Waals surface area contributed by atoms with Crippen LogP contribution in [-0.4, -0.2) is 46.7 Å². The lowest BCUT2D eigenvalue weighted by molar-refractivity contribution is 0.0783. The average Bonchev–Trinajstić information content (AvgIpc) is 3.14. The summed E-state index contributed by atoms with van der Waals surface area (Å²) >= 11 is 0. The van der Waals surface area contributed by atoms with Gasteiger partial charge in [0.1, 0.15) is 0 Å². The van der Waals surface area contributed by atoms with Crippen molar-refractivity contribution >= 4 is 11.6 Å². The van der Waals surface area contributed by atoms with Crippen LogP contribution >= 0.6 is 0 Å². The van der Waals surface area contributed by atoms with Crippen LogP contribution in [0.15, 0.2) is 54.9 Å². The maximum absolute atomic E-state index is 13.1. The van der Waals surface area contributed by atoms with Crippen LogP contribution in [0.25, 0.3) is 5.82 Å². The van der Waals surface area contributed by atoms with Crippen LogP contribution in [0.4, 0.5) is 5.69 Å². The van der Waals surface area contributed by atoms with Gasteiger partial charge in [-0.1, -0.05) is 32.0 Å². The summed E-state index contributed by atoms with van der Waals surface area (Å²) in [5.74, 6) is 0.811. The van der Waals surface area contributed by atoms with Crippen molar-refractivity contribution in [1.29, 1.82) is 0 Å². The van der Waals surface area contributed by atoms with E-state index in [-0.39, 0.29) is 11.8 Å². The Hall–Kier alpha value is -3.15. The molecule has 1 amide bonds. The molecule has 6 nitrogen and oxygen atoms in total. The quantitative estimate of drug-likeness (QED) is 0.657. The highest BCUT2D eigenvalue weighted by Gasteiger charge is 2.23. The molecule has 0 aliphatic carbocycles. The zero-order chi connectivity index (χ0) is 20.3. The molecule has 0 saturated carbocycles. The molecule has 2 heterocycles. The fraction of sp³-hybridized carbons (Fsp3) is 0.318. The highest BCUT2D eigenvalue weighted by atomic mass is 16.2. The van der Waals surface area contributed by atoms with Crippen molar-refractivity contribution < 1.29 is 4.79 Å². The van der Waals surface area contributed by atoms with Gasteiger partial charge in [-0.15, -0.1) is 0 Å². The molecule has 0 spiro atoms. The number of anilines is 1. The maximum atomic E-state index is 13.1. The molecule has 3 aromatic rings. The molecular formula is C22H27N5O. The summed E-state index contributed by atoms with van der Waals surface area (Å²) in [6, 6.07) is 13.9. The highest BCUT2D eigenvalue weighted by molar-refractivity contribution is 5.95. The Bertz CT molecular complexity index is 929. The molecule has 28 heavy (non-hydrogen) atoms. The first kappa shape index (κ1) is 19.6. The molecule has 0 unspecified atom stereocenters. The van der Waals surface area contributed by atoms with Gasteiger partial charge in [0.15, 0.2) is 5.82 Å². The predicted octanol–water partition coefficient (Wildman–Crippen LogP) is 3.73. The lowest BCUT2D eigenvalue weighted by atomic mass is 10.0. The minimum absolute atomic E-state index is 0.0393. The van der Waals surface area contributed by atoms with Crippen LogP contribution in [0.5, 0.6) is 0 Å². The summed E-state index contributed by atoms with van der Waals surface area (Å²) in [6.07, 6.45) is 3.38. The van der Waals surface area contributed by atoms with E-state index in [0.29, 0.717) is 17.9 Å². The molecule has 0 radical (unpaired) electrons. The number of benzene rings is 1. The van der Waals surface area contributed by atoms with Crippen molar-refractivity contribution in [1.82, 2.24) is 19.7 Å². The van der Waals surface area contributed by atoms with Crippen LogP contribution in [0.2, 0.25) is 0 Å². The van der Waals surface area contributed by atoms with E-state index in [1.54, 1.807) is 22.0 Å². The monoisotopic (exact) mass is 377 g/mol. The number of carbonyl (C=O) groups is 1. The lowest BCUT2D eigenvalue weighted by Gasteiger charge is -2.19. The molecule has 0 aliphatic heterocycles. The molecule has 0 bridgehead atoms. The van der Waals surface area contributed by atoms with Crippen molar-refractivity contribution in [2.45, 2.75) is 26.3 Å².